The lowest BCUT2D eigenvalue weighted by Crippen LogP contribution is -2.17. The van der Waals surface area contributed by atoms with Crippen LogP contribution in [0, 0.1) is 0 Å². The van der Waals surface area contributed by atoms with Crippen molar-refractivity contribution in [1.29, 1.82) is 0 Å². The average Bonchev–Trinajstić information content (AvgIpc) is 2.41. The van der Waals surface area contributed by atoms with Crippen molar-refractivity contribution >= 4 is 23.7 Å². The van der Waals surface area contributed by atoms with Gasteiger partial charge in [0, 0.05) is 22.2 Å². The van der Waals surface area contributed by atoms with Gasteiger partial charge in [0.05, 0.1) is 6.21 Å². The zero-order valence-electron chi connectivity index (χ0n) is 10.2. The van der Waals surface area contributed by atoms with Crippen LogP contribution in [0.1, 0.15) is 15.9 Å². The highest BCUT2D eigenvalue weighted by molar-refractivity contribution is 6.30. The van der Waals surface area contributed by atoms with Crippen molar-refractivity contribution in [3.8, 4) is 11.5 Å². The number of aromatic hydroxyl groups is 2. The Kier molecular flexibility index (Phi) is 4.22. The van der Waals surface area contributed by atoms with Crippen molar-refractivity contribution in [3.63, 3.8) is 0 Å². The van der Waals surface area contributed by atoms with Crippen molar-refractivity contribution in [2.24, 2.45) is 5.10 Å². The summed E-state index contributed by atoms with van der Waals surface area (Å²) in [6, 6.07) is 10.5. The molecule has 3 N–H and O–H groups in total. The molecule has 0 aliphatic carbocycles. The second kappa shape index (κ2) is 6.08. The van der Waals surface area contributed by atoms with Gasteiger partial charge in [0.15, 0.2) is 0 Å². The standard InChI is InChI=1S/C14H11ClN2O3/c15-11-3-1-2-9(6-11)14(20)17-16-8-10-4-5-12(18)7-13(10)19/h1-8,18-19H,(H,17,20). The van der Waals surface area contributed by atoms with Crippen LogP contribution < -0.4 is 5.43 Å². The van der Waals surface area contributed by atoms with Gasteiger partial charge in [-0.25, -0.2) is 5.43 Å². The van der Waals surface area contributed by atoms with Gasteiger partial charge < -0.3 is 10.2 Å². The maximum absolute atomic E-state index is 11.7. The molecule has 0 saturated heterocycles. The fraction of sp³-hybridized carbons (Fsp3) is 0. The zero-order valence-corrected chi connectivity index (χ0v) is 11.0. The minimum absolute atomic E-state index is 0.0531. The zero-order chi connectivity index (χ0) is 14.5. The smallest absolute Gasteiger partial charge is 0.271 e. The Morgan fingerprint density at radius 1 is 1.20 bits per heavy atom. The number of nitrogens with zero attached hydrogens (tertiary/aromatic N) is 1. The maximum atomic E-state index is 11.7. The summed E-state index contributed by atoms with van der Waals surface area (Å²) < 4.78 is 0. The van der Waals surface area contributed by atoms with Crippen LogP contribution in [0.5, 0.6) is 11.5 Å². The van der Waals surface area contributed by atoms with E-state index < -0.39 is 5.91 Å². The third kappa shape index (κ3) is 3.49. The molecular weight excluding hydrogens is 280 g/mol. The first-order valence-corrected chi connectivity index (χ1v) is 6.05. The van der Waals surface area contributed by atoms with E-state index >= 15 is 0 Å². The van der Waals surface area contributed by atoms with Gasteiger partial charge in [0.25, 0.3) is 5.91 Å². The summed E-state index contributed by atoms with van der Waals surface area (Å²) in [4.78, 5) is 11.7. The molecular formula is C14H11ClN2O3. The number of halogens is 1. The van der Waals surface area contributed by atoms with Crippen LogP contribution in [0.4, 0.5) is 0 Å². The average molecular weight is 291 g/mol. The first-order valence-electron chi connectivity index (χ1n) is 5.67. The van der Waals surface area contributed by atoms with E-state index in [2.05, 4.69) is 10.5 Å². The molecule has 2 aromatic carbocycles. The fourth-order valence-electron chi connectivity index (χ4n) is 1.50. The van der Waals surface area contributed by atoms with Gasteiger partial charge in [-0.3, -0.25) is 4.79 Å². The number of benzene rings is 2. The molecule has 5 nitrogen and oxygen atoms in total. The minimum atomic E-state index is -0.415. The number of carbonyl (C=O) groups is 1. The summed E-state index contributed by atoms with van der Waals surface area (Å²) in [5, 5.41) is 22.9. The van der Waals surface area contributed by atoms with Gasteiger partial charge in [-0.2, -0.15) is 5.10 Å². The van der Waals surface area contributed by atoms with E-state index in [0.29, 0.717) is 16.1 Å². The Balaban J connectivity index is 2.04. The lowest BCUT2D eigenvalue weighted by molar-refractivity contribution is 0.0955. The molecule has 6 heteroatoms. The second-order valence-electron chi connectivity index (χ2n) is 3.95. The van der Waals surface area contributed by atoms with Crippen LogP contribution in [0.2, 0.25) is 5.02 Å². The summed E-state index contributed by atoms with van der Waals surface area (Å²) >= 11 is 5.78. The quantitative estimate of drug-likeness (QED) is 0.600. The highest BCUT2D eigenvalue weighted by atomic mass is 35.5. The highest BCUT2D eigenvalue weighted by Gasteiger charge is 2.04. The van der Waals surface area contributed by atoms with E-state index in [4.69, 9.17) is 16.7 Å². The van der Waals surface area contributed by atoms with Crippen LogP contribution in [0.25, 0.3) is 0 Å². The molecule has 0 atom stereocenters. The number of carbonyl (C=O) groups excluding carboxylic acids is 1. The van der Waals surface area contributed by atoms with Gasteiger partial charge in [-0.1, -0.05) is 17.7 Å². The van der Waals surface area contributed by atoms with Crippen LogP contribution >= 0.6 is 11.6 Å². The Hall–Kier alpha value is -2.53. The van der Waals surface area contributed by atoms with Gasteiger partial charge >= 0.3 is 0 Å². The maximum Gasteiger partial charge on any atom is 0.271 e. The molecule has 0 saturated carbocycles. The number of phenols is 2. The molecule has 20 heavy (non-hydrogen) atoms. The Labute approximate surface area is 120 Å². The molecule has 0 aliphatic rings. The summed E-state index contributed by atoms with van der Waals surface area (Å²) in [5.41, 5.74) is 3.06. The van der Waals surface area contributed by atoms with Gasteiger partial charge in [0.1, 0.15) is 11.5 Å². The predicted octanol–water partition coefficient (Wildman–Crippen LogP) is 2.52. The molecule has 0 bridgehead atoms. The first-order chi connectivity index (χ1) is 9.56. The van der Waals surface area contributed by atoms with Gasteiger partial charge in [0.2, 0.25) is 0 Å². The Morgan fingerprint density at radius 3 is 2.70 bits per heavy atom. The van der Waals surface area contributed by atoms with Crippen LogP contribution in [0.15, 0.2) is 47.6 Å². The van der Waals surface area contributed by atoms with E-state index in [1.807, 2.05) is 0 Å². The molecule has 0 heterocycles. The molecule has 2 rings (SSSR count). The van der Waals surface area contributed by atoms with Crippen LogP contribution in [-0.4, -0.2) is 22.3 Å². The lowest BCUT2D eigenvalue weighted by atomic mass is 10.2. The molecule has 0 unspecified atom stereocenters. The second-order valence-corrected chi connectivity index (χ2v) is 4.39. The van der Waals surface area contributed by atoms with Gasteiger partial charge in [-0.15, -0.1) is 0 Å². The molecule has 0 radical (unpaired) electrons. The number of hydrazone groups is 1. The van der Waals surface area contributed by atoms with E-state index in [0.717, 1.165) is 0 Å². The van der Waals surface area contributed by atoms with Crippen LogP contribution in [-0.2, 0) is 0 Å². The fourth-order valence-corrected chi connectivity index (χ4v) is 1.69. The highest BCUT2D eigenvalue weighted by Crippen LogP contribution is 2.20. The van der Waals surface area contributed by atoms with Crippen molar-refractivity contribution in [2.45, 2.75) is 0 Å². The summed E-state index contributed by atoms with van der Waals surface area (Å²) in [7, 11) is 0. The number of rotatable bonds is 3. The minimum Gasteiger partial charge on any atom is -0.508 e. The molecule has 0 spiro atoms. The predicted molar refractivity (Wildman–Crippen MR) is 76.3 cm³/mol. The third-order valence-electron chi connectivity index (χ3n) is 2.47. The van der Waals surface area contributed by atoms with E-state index in [-0.39, 0.29) is 11.5 Å². The van der Waals surface area contributed by atoms with Gasteiger partial charge in [-0.05, 0) is 30.3 Å². The molecule has 0 aliphatic heterocycles. The molecule has 102 valence electrons. The number of phenolic OH excluding ortho intramolecular Hbond substituents is 2. The molecule has 0 aromatic heterocycles. The summed E-state index contributed by atoms with van der Waals surface area (Å²) in [6.45, 7) is 0. The van der Waals surface area contributed by atoms with Crippen LogP contribution in [0.3, 0.4) is 0 Å². The van der Waals surface area contributed by atoms with E-state index in [1.165, 1.54) is 30.5 Å². The van der Waals surface area contributed by atoms with Crippen molar-refractivity contribution in [2.75, 3.05) is 0 Å². The number of amides is 1. The third-order valence-corrected chi connectivity index (χ3v) is 2.71. The molecule has 0 fully saturated rings. The Morgan fingerprint density at radius 2 is 2.00 bits per heavy atom. The van der Waals surface area contributed by atoms with Crippen molar-refractivity contribution in [1.82, 2.24) is 5.43 Å². The summed E-state index contributed by atoms with van der Waals surface area (Å²) in [6.07, 6.45) is 1.28. The molecule has 2 aromatic rings. The monoisotopic (exact) mass is 290 g/mol. The normalized spacial score (nSPS) is 10.7. The largest absolute Gasteiger partial charge is 0.508 e. The van der Waals surface area contributed by atoms with Crippen molar-refractivity contribution < 1.29 is 15.0 Å². The molecule has 1 amide bonds. The Bertz CT molecular complexity index is 671. The first kappa shape index (κ1) is 13.9. The topological polar surface area (TPSA) is 81.9 Å². The lowest BCUT2D eigenvalue weighted by Gasteiger charge is -2.01. The summed E-state index contributed by atoms with van der Waals surface area (Å²) in [5.74, 6) is -0.601. The number of hydrogen-bond acceptors (Lipinski definition) is 4. The number of nitrogens with one attached hydrogen (secondary N) is 1. The van der Waals surface area contributed by atoms with E-state index in [9.17, 15) is 9.90 Å². The number of hydrogen-bond donors (Lipinski definition) is 3. The van der Waals surface area contributed by atoms with Crippen molar-refractivity contribution in [3.05, 3.63) is 58.6 Å². The van der Waals surface area contributed by atoms with E-state index in [1.54, 1.807) is 18.2 Å². The SMILES string of the molecule is O=C(NN=Cc1ccc(O)cc1O)c1cccc(Cl)c1.